The second kappa shape index (κ2) is 11.8. The summed E-state index contributed by atoms with van der Waals surface area (Å²) < 4.78 is 5.47. The molecule has 24 heavy (non-hydrogen) atoms. The van der Waals surface area contributed by atoms with Crippen LogP contribution in [0.25, 0.3) is 0 Å². The maximum Gasteiger partial charge on any atom is 0.410 e. The number of hydrogen-bond donors (Lipinski definition) is 1. The lowest BCUT2D eigenvalue weighted by atomic mass is 10.2. The molecule has 1 aliphatic heterocycles. The van der Waals surface area contributed by atoms with E-state index in [1.165, 1.54) is 12.8 Å². The Balaban J connectivity index is 0.00000529. The molecule has 1 aliphatic rings. The van der Waals surface area contributed by atoms with Crippen LogP contribution in [0.5, 0.6) is 0 Å². The van der Waals surface area contributed by atoms with Gasteiger partial charge in [-0.05, 0) is 47.0 Å². The van der Waals surface area contributed by atoms with Gasteiger partial charge in [-0.1, -0.05) is 6.92 Å². The molecule has 1 N–H and O–H groups in total. The lowest BCUT2D eigenvalue weighted by Crippen LogP contribution is -2.41. The highest BCUT2D eigenvalue weighted by atomic mass is 127. The predicted octanol–water partition coefficient (Wildman–Crippen LogP) is 3.31. The number of halogens is 1. The van der Waals surface area contributed by atoms with Crippen LogP contribution in [0.1, 0.15) is 53.9 Å². The van der Waals surface area contributed by atoms with E-state index in [-0.39, 0.29) is 30.1 Å². The van der Waals surface area contributed by atoms with Gasteiger partial charge in [-0.3, -0.25) is 4.99 Å². The third-order valence-corrected chi connectivity index (χ3v) is 3.52. The molecule has 0 spiro atoms. The van der Waals surface area contributed by atoms with Crippen LogP contribution in [-0.4, -0.2) is 66.7 Å². The minimum absolute atomic E-state index is 0. The highest BCUT2D eigenvalue weighted by Gasteiger charge is 2.21. The largest absolute Gasteiger partial charge is 0.444 e. The summed E-state index contributed by atoms with van der Waals surface area (Å²) in [5.41, 5.74) is -0.461. The number of carbonyl (C=O) groups is 1. The van der Waals surface area contributed by atoms with Crippen LogP contribution in [0, 0.1) is 0 Å². The van der Waals surface area contributed by atoms with Crippen molar-refractivity contribution in [3.8, 4) is 0 Å². The number of ether oxygens (including phenoxy) is 1. The molecular weight excluding hydrogens is 419 g/mol. The molecule has 1 fully saturated rings. The molecule has 142 valence electrons. The van der Waals surface area contributed by atoms with Crippen molar-refractivity contribution in [2.45, 2.75) is 59.5 Å². The van der Waals surface area contributed by atoms with Crippen LogP contribution in [0.3, 0.4) is 0 Å². The first-order valence-electron chi connectivity index (χ1n) is 8.88. The summed E-state index contributed by atoms with van der Waals surface area (Å²) in [6.07, 6.45) is 3.12. The molecule has 1 heterocycles. The van der Waals surface area contributed by atoms with Gasteiger partial charge in [0, 0.05) is 32.7 Å². The molecule has 0 bridgehead atoms. The van der Waals surface area contributed by atoms with Gasteiger partial charge >= 0.3 is 6.09 Å². The lowest BCUT2D eigenvalue weighted by Gasteiger charge is -2.27. The van der Waals surface area contributed by atoms with E-state index in [2.05, 4.69) is 29.1 Å². The molecule has 0 aromatic carbocycles. The van der Waals surface area contributed by atoms with Crippen LogP contribution < -0.4 is 5.32 Å². The van der Waals surface area contributed by atoms with Crippen molar-refractivity contribution in [2.75, 3.05) is 39.3 Å². The fourth-order valence-electron chi connectivity index (χ4n) is 2.52. The maximum atomic E-state index is 12.2. The number of rotatable bonds is 6. The normalized spacial score (nSPS) is 15.0. The van der Waals surface area contributed by atoms with Crippen molar-refractivity contribution in [1.29, 1.82) is 0 Å². The highest BCUT2D eigenvalue weighted by molar-refractivity contribution is 14.0. The Morgan fingerprint density at radius 2 is 1.83 bits per heavy atom. The quantitative estimate of drug-likeness (QED) is 0.380. The number of likely N-dealkylation sites (tertiary alicyclic amines) is 1. The Kier molecular flexibility index (Phi) is 11.4. The van der Waals surface area contributed by atoms with Gasteiger partial charge in [-0.2, -0.15) is 0 Å². The monoisotopic (exact) mass is 454 g/mol. The molecule has 6 nitrogen and oxygen atoms in total. The molecule has 1 rings (SSSR count). The Hall–Kier alpha value is -0.730. The summed E-state index contributed by atoms with van der Waals surface area (Å²) >= 11 is 0. The first-order valence-corrected chi connectivity index (χ1v) is 8.88. The van der Waals surface area contributed by atoms with E-state index in [9.17, 15) is 4.79 Å². The van der Waals surface area contributed by atoms with Gasteiger partial charge in [-0.15, -0.1) is 24.0 Å². The Morgan fingerprint density at radius 3 is 2.33 bits per heavy atom. The number of guanidine groups is 1. The molecule has 1 amide bonds. The van der Waals surface area contributed by atoms with Gasteiger partial charge < -0.3 is 19.9 Å². The van der Waals surface area contributed by atoms with Crippen molar-refractivity contribution in [2.24, 2.45) is 4.99 Å². The van der Waals surface area contributed by atoms with E-state index in [0.29, 0.717) is 19.6 Å². The van der Waals surface area contributed by atoms with E-state index in [1.54, 1.807) is 4.90 Å². The average molecular weight is 454 g/mol. The summed E-state index contributed by atoms with van der Waals surface area (Å²) in [6.45, 7) is 14.7. The minimum atomic E-state index is -0.461. The van der Waals surface area contributed by atoms with Crippen LogP contribution in [0.4, 0.5) is 4.79 Å². The molecule has 0 aliphatic carbocycles. The van der Waals surface area contributed by atoms with Crippen molar-refractivity contribution in [3.63, 3.8) is 0 Å². The molecule has 0 unspecified atom stereocenters. The molecule has 0 aromatic rings. The molecule has 1 saturated heterocycles. The molecule has 0 radical (unpaired) electrons. The smallest absolute Gasteiger partial charge is 0.410 e. The average Bonchev–Trinajstić information content (AvgIpc) is 2.97. The van der Waals surface area contributed by atoms with Gasteiger partial charge in [0.15, 0.2) is 5.96 Å². The predicted molar refractivity (Wildman–Crippen MR) is 110 cm³/mol. The van der Waals surface area contributed by atoms with Crippen LogP contribution in [0.15, 0.2) is 4.99 Å². The molecule has 0 saturated carbocycles. The first-order chi connectivity index (χ1) is 10.9. The lowest BCUT2D eigenvalue weighted by molar-refractivity contribution is 0.0256. The van der Waals surface area contributed by atoms with E-state index in [1.807, 2.05) is 20.8 Å². The minimum Gasteiger partial charge on any atom is -0.444 e. The number of hydrogen-bond acceptors (Lipinski definition) is 3. The van der Waals surface area contributed by atoms with Gasteiger partial charge in [-0.25, -0.2) is 4.79 Å². The Labute approximate surface area is 164 Å². The number of aliphatic imine (C=N–C) groups is 1. The van der Waals surface area contributed by atoms with Gasteiger partial charge in [0.05, 0.1) is 6.54 Å². The molecule has 0 aromatic heterocycles. The number of nitrogens with zero attached hydrogens (tertiary/aromatic N) is 3. The summed E-state index contributed by atoms with van der Waals surface area (Å²) in [7, 11) is 0. The topological polar surface area (TPSA) is 57.2 Å². The number of nitrogens with one attached hydrogen (secondary N) is 1. The number of carbonyl (C=O) groups excluding carboxylic acids is 1. The molecule has 7 heteroatoms. The van der Waals surface area contributed by atoms with Crippen molar-refractivity contribution in [1.82, 2.24) is 15.1 Å². The molecule has 0 atom stereocenters. The fraction of sp³-hybridized carbons (Fsp3) is 0.882. The summed E-state index contributed by atoms with van der Waals surface area (Å²) in [5, 5.41) is 3.34. The van der Waals surface area contributed by atoms with E-state index < -0.39 is 5.60 Å². The second-order valence-electron chi connectivity index (χ2n) is 6.90. The van der Waals surface area contributed by atoms with E-state index >= 15 is 0 Å². The van der Waals surface area contributed by atoms with Crippen LogP contribution >= 0.6 is 24.0 Å². The molecular formula is C17H35IN4O2. The standard InChI is InChI=1S/C17H34N4O2.HI/c1-6-11-21(16(22)23-17(3,4)5)14-10-19-15(18-7-2)20-12-8-9-13-20;/h6-14H2,1-5H3,(H,18,19);1H. The van der Waals surface area contributed by atoms with E-state index in [0.717, 1.165) is 32.0 Å². The van der Waals surface area contributed by atoms with E-state index in [4.69, 9.17) is 4.74 Å². The zero-order valence-electron chi connectivity index (χ0n) is 15.9. The van der Waals surface area contributed by atoms with Crippen molar-refractivity contribution >= 4 is 36.0 Å². The SMILES string of the molecule is CCCN(CCN=C(NCC)N1CCCC1)C(=O)OC(C)(C)C.I. The van der Waals surface area contributed by atoms with Crippen LogP contribution in [0.2, 0.25) is 0 Å². The van der Waals surface area contributed by atoms with Gasteiger partial charge in [0.2, 0.25) is 0 Å². The Morgan fingerprint density at radius 1 is 1.21 bits per heavy atom. The third-order valence-electron chi connectivity index (χ3n) is 3.52. The maximum absolute atomic E-state index is 12.2. The zero-order valence-corrected chi connectivity index (χ0v) is 18.3. The van der Waals surface area contributed by atoms with Crippen molar-refractivity contribution in [3.05, 3.63) is 0 Å². The zero-order chi connectivity index (χ0) is 17.3. The number of amides is 1. The van der Waals surface area contributed by atoms with Crippen LogP contribution in [-0.2, 0) is 4.74 Å². The van der Waals surface area contributed by atoms with Crippen molar-refractivity contribution < 1.29 is 9.53 Å². The van der Waals surface area contributed by atoms with Gasteiger partial charge in [0.1, 0.15) is 5.60 Å². The summed E-state index contributed by atoms with van der Waals surface area (Å²) in [6, 6.07) is 0. The first kappa shape index (κ1) is 23.3. The Bertz CT molecular complexity index is 391. The third kappa shape index (κ3) is 8.94. The fourth-order valence-corrected chi connectivity index (χ4v) is 2.52. The summed E-state index contributed by atoms with van der Waals surface area (Å²) in [4.78, 5) is 21.0. The van der Waals surface area contributed by atoms with Gasteiger partial charge in [0.25, 0.3) is 0 Å². The summed E-state index contributed by atoms with van der Waals surface area (Å²) in [5.74, 6) is 0.964. The highest BCUT2D eigenvalue weighted by Crippen LogP contribution is 2.11. The second-order valence-corrected chi connectivity index (χ2v) is 6.90.